The summed E-state index contributed by atoms with van der Waals surface area (Å²) in [6, 6.07) is 0.0740. The van der Waals surface area contributed by atoms with Gasteiger partial charge in [-0.25, -0.2) is 0 Å². The molecule has 2 N–H and O–H groups in total. The molecule has 0 saturated heterocycles. The zero-order chi connectivity index (χ0) is 9.87. The first-order valence-electron chi connectivity index (χ1n) is 5.57. The highest BCUT2D eigenvalue weighted by Gasteiger charge is 2.62. The fraction of sp³-hybridized carbons (Fsp3) is 0.909. The first-order chi connectivity index (χ1) is 6.74. The van der Waals surface area contributed by atoms with Crippen molar-refractivity contribution < 1.29 is 9.53 Å². The Morgan fingerprint density at radius 2 is 1.86 bits per heavy atom. The second kappa shape index (κ2) is 2.72. The zero-order valence-corrected chi connectivity index (χ0v) is 8.48. The van der Waals surface area contributed by atoms with Gasteiger partial charge in [0.25, 0.3) is 0 Å². The van der Waals surface area contributed by atoms with Gasteiger partial charge >= 0.3 is 5.97 Å². The van der Waals surface area contributed by atoms with Gasteiger partial charge in [-0.3, -0.25) is 4.79 Å². The summed E-state index contributed by atoms with van der Waals surface area (Å²) in [6.45, 7) is 0. The summed E-state index contributed by atoms with van der Waals surface area (Å²) in [5.41, 5.74) is 6.16. The molecule has 0 aromatic carbocycles. The summed E-state index contributed by atoms with van der Waals surface area (Å²) in [7, 11) is 1.47. The Labute approximate surface area is 84.0 Å². The van der Waals surface area contributed by atoms with Gasteiger partial charge in [-0.1, -0.05) is 0 Å². The largest absolute Gasteiger partial charge is 0.469 e. The number of fused-ring (bicyclic) bond motifs is 2. The molecule has 0 aromatic rings. The van der Waals surface area contributed by atoms with Crippen LogP contribution in [0.2, 0.25) is 0 Å². The Balaban J connectivity index is 1.88. The number of hydrogen-bond donors (Lipinski definition) is 1. The number of rotatable bonds is 1. The molecule has 4 fully saturated rings. The number of nitrogens with two attached hydrogens (primary N) is 1. The Morgan fingerprint density at radius 3 is 2.57 bits per heavy atom. The van der Waals surface area contributed by atoms with Crippen molar-refractivity contribution in [1.29, 1.82) is 0 Å². The molecular formula is C11H17NO2. The fourth-order valence-corrected chi connectivity index (χ4v) is 3.98. The van der Waals surface area contributed by atoms with Crippen LogP contribution in [0, 0.1) is 29.6 Å². The number of carbonyl (C=O) groups is 1. The van der Waals surface area contributed by atoms with Gasteiger partial charge in [0.05, 0.1) is 13.0 Å². The predicted molar refractivity (Wildman–Crippen MR) is 51.3 cm³/mol. The molecule has 4 rings (SSSR count). The van der Waals surface area contributed by atoms with Crippen molar-refractivity contribution in [2.75, 3.05) is 7.11 Å². The smallest absolute Gasteiger partial charge is 0.310 e. The molecule has 0 spiro atoms. The van der Waals surface area contributed by atoms with E-state index in [1.54, 1.807) is 0 Å². The normalized spacial score (nSPS) is 53.9. The molecule has 14 heavy (non-hydrogen) atoms. The summed E-state index contributed by atoms with van der Waals surface area (Å²) in [5.74, 6) is 2.73. The van der Waals surface area contributed by atoms with E-state index < -0.39 is 0 Å². The predicted octanol–water partition coefficient (Wildman–Crippen LogP) is 0.779. The van der Waals surface area contributed by atoms with Gasteiger partial charge in [0.15, 0.2) is 0 Å². The van der Waals surface area contributed by atoms with Crippen LogP contribution >= 0.6 is 0 Å². The minimum atomic E-state index is -0.0717. The molecule has 4 aliphatic carbocycles. The maximum Gasteiger partial charge on any atom is 0.310 e. The van der Waals surface area contributed by atoms with Crippen molar-refractivity contribution in [1.82, 2.24) is 0 Å². The molecular weight excluding hydrogens is 178 g/mol. The average Bonchev–Trinajstić information content (AvgIpc) is 2.97. The van der Waals surface area contributed by atoms with E-state index in [0.29, 0.717) is 11.8 Å². The van der Waals surface area contributed by atoms with Gasteiger partial charge < -0.3 is 10.5 Å². The number of esters is 1. The van der Waals surface area contributed by atoms with Crippen LogP contribution in [-0.4, -0.2) is 19.1 Å². The molecule has 78 valence electrons. The molecule has 4 saturated carbocycles. The monoisotopic (exact) mass is 195 g/mol. The van der Waals surface area contributed by atoms with E-state index in [4.69, 9.17) is 10.5 Å². The van der Waals surface area contributed by atoms with Crippen molar-refractivity contribution in [2.24, 2.45) is 35.3 Å². The van der Waals surface area contributed by atoms with Crippen LogP contribution in [0.5, 0.6) is 0 Å². The van der Waals surface area contributed by atoms with E-state index in [-0.39, 0.29) is 17.9 Å². The van der Waals surface area contributed by atoms with E-state index in [1.165, 1.54) is 26.4 Å². The van der Waals surface area contributed by atoms with Crippen LogP contribution in [0.4, 0.5) is 0 Å². The maximum atomic E-state index is 11.6. The Bertz CT molecular complexity index is 278. The van der Waals surface area contributed by atoms with E-state index in [1.807, 2.05) is 0 Å². The van der Waals surface area contributed by atoms with Crippen LogP contribution in [0.25, 0.3) is 0 Å². The van der Waals surface area contributed by atoms with E-state index in [0.717, 1.165) is 11.8 Å². The van der Waals surface area contributed by atoms with Gasteiger partial charge in [0.2, 0.25) is 0 Å². The average molecular weight is 195 g/mol. The molecule has 4 aliphatic rings. The standard InChI is InChI=1S/C11H17NO2/c1-14-11(13)9-5-2-3-6(10(9)12)8-4-7(5)8/h5-10H,2-4,12H2,1H3/t5-,6+,7+,8-,9+,10-/m0/s1. The summed E-state index contributed by atoms with van der Waals surface area (Å²) in [6.07, 6.45) is 3.75. The highest BCUT2D eigenvalue weighted by Crippen LogP contribution is 2.63. The summed E-state index contributed by atoms with van der Waals surface area (Å²) in [5, 5.41) is 0. The first-order valence-corrected chi connectivity index (χ1v) is 5.57. The summed E-state index contributed by atoms with van der Waals surface area (Å²) < 4.78 is 4.86. The summed E-state index contributed by atoms with van der Waals surface area (Å²) in [4.78, 5) is 11.6. The molecule has 0 aliphatic heterocycles. The second-order valence-electron chi connectivity index (χ2n) is 5.09. The van der Waals surface area contributed by atoms with Gasteiger partial charge in [-0.05, 0) is 42.9 Å². The topological polar surface area (TPSA) is 52.3 Å². The molecule has 0 unspecified atom stereocenters. The van der Waals surface area contributed by atoms with Crippen molar-refractivity contribution >= 4 is 5.97 Å². The lowest BCUT2D eigenvalue weighted by Gasteiger charge is -2.45. The minimum absolute atomic E-state index is 0.00231. The molecule has 3 nitrogen and oxygen atoms in total. The number of carbonyl (C=O) groups excluding carboxylic acids is 1. The van der Waals surface area contributed by atoms with Crippen LogP contribution in [0.1, 0.15) is 19.3 Å². The Kier molecular flexibility index (Phi) is 1.69. The Hall–Kier alpha value is -0.570. The highest BCUT2D eigenvalue weighted by molar-refractivity contribution is 5.74. The molecule has 2 bridgehead atoms. The SMILES string of the molecule is COC(=O)[C@H]1[C@@H](N)[C@@H]2CC[C@H]1[C@H]1C[C@H]12. The number of ether oxygens (including phenoxy) is 1. The summed E-state index contributed by atoms with van der Waals surface area (Å²) >= 11 is 0. The molecule has 3 heteroatoms. The highest BCUT2D eigenvalue weighted by atomic mass is 16.5. The van der Waals surface area contributed by atoms with Crippen LogP contribution < -0.4 is 5.73 Å². The van der Waals surface area contributed by atoms with E-state index >= 15 is 0 Å². The van der Waals surface area contributed by atoms with E-state index in [9.17, 15) is 4.79 Å². The minimum Gasteiger partial charge on any atom is -0.469 e. The van der Waals surface area contributed by atoms with Crippen LogP contribution in [0.15, 0.2) is 0 Å². The van der Waals surface area contributed by atoms with Crippen LogP contribution in [0.3, 0.4) is 0 Å². The molecule has 0 aromatic heterocycles. The lowest BCUT2D eigenvalue weighted by Crippen LogP contribution is -2.53. The molecule has 0 heterocycles. The number of methoxy groups -OCH3 is 1. The third kappa shape index (κ3) is 0.937. The number of hydrogen-bond acceptors (Lipinski definition) is 3. The molecule has 6 atom stereocenters. The lowest BCUT2D eigenvalue weighted by atomic mass is 9.62. The lowest BCUT2D eigenvalue weighted by molar-refractivity contribution is -0.153. The van der Waals surface area contributed by atoms with Crippen molar-refractivity contribution in [3.05, 3.63) is 0 Å². The van der Waals surface area contributed by atoms with Gasteiger partial charge in [0.1, 0.15) is 0 Å². The third-order valence-electron chi connectivity index (χ3n) is 4.67. The zero-order valence-electron chi connectivity index (χ0n) is 8.48. The van der Waals surface area contributed by atoms with Crippen molar-refractivity contribution in [3.8, 4) is 0 Å². The van der Waals surface area contributed by atoms with Gasteiger partial charge in [0, 0.05) is 6.04 Å². The second-order valence-corrected chi connectivity index (χ2v) is 5.09. The third-order valence-corrected chi connectivity index (χ3v) is 4.67. The fourth-order valence-electron chi connectivity index (χ4n) is 3.98. The van der Waals surface area contributed by atoms with E-state index in [2.05, 4.69) is 0 Å². The quantitative estimate of drug-likeness (QED) is 0.629. The molecule has 0 amide bonds. The maximum absolute atomic E-state index is 11.6. The van der Waals surface area contributed by atoms with Crippen molar-refractivity contribution in [2.45, 2.75) is 25.3 Å². The Morgan fingerprint density at radius 1 is 1.21 bits per heavy atom. The van der Waals surface area contributed by atoms with Crippen LogP contribution in [-0.2, 0) is 9.53 Å². The van der Waals surface area contributed by atoms with Crippen molar-refractivity contribution in [3.63, 3.8) is 0 Å². The first kappa shape index (κ1) is 8.72. The van der Waals surface area contributed by atoms with Gasteiger partial charge in [-0.15, -0.1) is 0 Å². The molecule has 0 radical (unpaired) electrons. The van der Waals surface area contributed by atoms with Gasteiger partial charge in [-0.2, -0.15) is 0 Å².